The molecule has 0 unspecified atom stereocenters. The third kappa shape index (κ3) is 4.78. The van der Waals surface area contributed by atoms with Crippen molar-refractivity contribution in [2.24, 2.45) is 0 Å². The summed E-state index contributed by atoms with van der Waals surface area (Å²) < 4.78 is 5.31. The zero-order valence-electron chi connectivity index (χ0n) is 18.8. The number of rotatable bonds is 7. The molecular weight excluding hydrogens is 432 g/mol. The Hall–Kier alpha value is -4.13. The van der Waals surface area contributed by atoms with Crippen LogP contribution in [-0.4, -0.2) is 23.0 Å². The Bertz CT molecular complexity index is 1190. The number of carbonyl (C=O) groups excluding carboxylic acids is 3. The van der Waals surface area contributed by atoms with Gasteiger partial charge in [-0.1, -0.05) is 74.4 Å². The molecule has 0 radical (unpaired) electrons. The van der Waals surface area contributed by atoms with Gasteiger partial charge < -0.3 is 15.2 Å². The number of hydrogen-bond acceptors (Lipinski definition) is 5. The van der Waals surface area contributed by atoms with E-state index in [2.05, 4.69) is 10.6 Å². The van der Waals surface area contributed by atoms with Crippen LogP contribution in [0.3, 0.4) is 0 Å². The summed E-state index contributed by atoms with van der Waals surface area (Å²) in [4.78, 5) is 37.8. The van der Waals surface area contributed by atoms with E-state index in [0.717, 1.165) is 35.1 Å². The number of nitrogens with one attached hydrogen (secondary N) is 2. The van der Waals surface area contributed by atoms with Gasteiger partial charge in [0.25, 0.3) is 5.91 Å². The number of aromatic hydroxyl groups is 1. The first kappa shape index (κ1) is 23.0. The summed E-state index contributed by atoms with van der Waals surface area (Å²) in [6.45, 7) is 2.02. The largest absolute Gasteiger partial charge is 0.507 e. The molecule has 3 amide bonds. The first-order valence-corrected chi connectivity index (χ1v) is 11.3. The maximum absolute atomic E-state index is 12.9. The Morgan fingerprint density at radius 3 is 2.18 bits per heavy atom. The predicted molar refractivity (Wildman–Crippen MR) is 128 cm³/mol. The van der Waals surface area contributed by atoms with Gasteiger partial charge in [-0.05, 0) is 40.8 Å². The number of urea groups is 1. The van der Waals surface area contributed by atoms with E-state index in [9.17, 15) is 19.5 Å². The van der Waals surface area contributed by atoms with Gasteiger partial charge in [-0.2, -0.15) is 0 Å². The number of carbonyl (C=O) groups is 3. The summed E-state index contributed by atoms with van der Waals surface area (Å²) in [5.41, 5.74) is 3.63. The fourth-order valence-corrected chi connectivity index (χ4v) is 4.17. The van der Waals surface area contributed by atoms with Crippen LogP contribution in [0.4, 0.5) is 4.79 Å². The third-order valence-corrected chi connectivity index (χ3v) is 5.78. The Balaban J connectivity index is 1.49. The van der Waals surface area contributed by atoms with Gasteiger partial charge in [0.2, 0.25) is 0 Å². The zero-order valence-corrected chi connectivity index (χ0v) is 18.8. The molecule has 0 fully saturated rings. The fourth-order valence-electron chi connectivity index (χ4n) is 4.17. The van der Waals surface area contributed by atoms with Crippen LogP contribution in [0.25, 0.3) is 11.1 Å². The molecule has 0 aliphatic heterocycles. The zero-order chi connectivity index (χ0) is 24.1. The standard InChI is InChI=1S/C27H26N2O5/c1-2-3-4-16-23(31)34-22-15-9-14-21(30)24(22)26(32)29-27(33)28-25-19-12-7-5-10-17(19)18-11-6-8-13-20(18)25/h5-15,25,30H,2-4,16H2,1H3,(H2,28,29,32,33). The first-order chi connectivity index (χ1) is 16.5. The van der Waals surface area contributed by atoms with Gasteiger partial charge in [-0.3, -0.25) is 14.9 Å². The van der Waals surface area contributed by atoms with Gasteiger partial charge >= 0.3 is 12.0 Å². The van der Waals surface area contributed by atoms with E-state index in [1.165, 1.54) is 18.2 Å². The Kier molecular flexibility index (Phi) is 6.92. The lowest BCUT2D eigenvalue weighted by atomic mass is 10.1. The van der Waals surface area contributed by atoms with Gasteiger partial charge in [0.05, 0.1) is 6.04 Å². The molecule has 1 aliphatic carbocycles. The van der Waals surface area contributed by atoms with Gasteiger partial charge in [0, 0.05) is 6.42 Å². The molecule has 1 aliphatic rings. The van der Waals surface area contributed by atoms with Crippen molar-refractivity contribution >= 4 is 17.9 Å². The molecule has 0 aromatic heterocycles. The molecule has 0 heterocycles. The molecule has 7 nitrogen and oxygen atoms in total. The number of hydrogen-bond donors (Lipinski definition) is 3. The molecule has 0 saturated carbocycles. The van der Waals surface area contributed by atoms with Crippen molar-refractivity contribution in [3.63, 3.8) is 0 Å². The maximum Gasteiger partial charge on any atom is 0.322 e. The number of unbranched alkanes of at least 4 members (excludes halogenated alkanes) is 2. The van der Waals surface area contributed by atoms with Crippen LogP contribution < -0.4 is 15.4 Å². The van der Waals surface area contributed by atoms with Crippen molar-refractivity contribution in [2.45, 2.75) is 38.6 Å². The molecule has 3 N–H and O–H groups in total. The molecule has 174 valence electrons. The molecule has 7 heteroatoms. The quantitative estimate of drug-likeness (QED) is 0.260. The summed E-state index contributed by atoms with van der Waals surface area (Å²) in [6, 6.07) is 18.5. The smallest absolute Gasteiger partial charge is 0.322 e. The summed E-state index contributed by atoms with van der Waals surface area (Å²) >= 11 is 0. The van der Waals surface area contributed by atoms with Gasteiger partial charge in [-0.25, -0.2) is 4.79 Å². The van der Waals surface area contributed by atoms with Crippen molar-refractivity contribution in [1.29, 1.82) is 0 Å². The lowest BCUT2D eigenvalue weighted by Crippen LogP contribution is -2.41. The van der Waals surface area contributed by atoms with Crippen LogP contribution in [0, 0.1) is 0 Å². The molecule has 4 rings (SSSR count). The topological polar surface area (TPSA) is 105 Å². The van der Waals surface area contributed by atoms with E-state index >= 15 is 0 Å². The minimum absolute atomic E-state index is 0.0941. The van der Waals surface area contributed by atoms with Crippen molar-refractivity contribution in [2.75, 3.05) is 0 Å². The molecule has 0 spiro atoms. The normalized spacial score (nSPS) is 11.9. The van der Waals surface area contributed by atoms with Crippen molar-refractivity contribution in [3.8, 4) is 22.6 Å². The SMILES string of the molecule is CCCCCC(=O)Oc1cccc(O)c1C(=O)NC(=O)NC1c2ccccc2-c2ccccc21. The lowest BCUT2D eigenvalue weighted by molar-refractivity contribution is -0.134. The van der Waals surface area contributed by atoms with E-state index in [1.807, 2.05) is 55.5 Å². The number of fused-ring (bicyclic) bond motifs is 3. The van der Waals surface area contributed by atoms with Gasteiger partial charge in [0.1, 0.15) is 17.1 Å². The van der Waals surface area contributed by atoms with Crippen LogP contribution in [0.5, 0.6) is 11.5 Å². The number of phenols is 1. The average molecular weight is 459 g/mol. The van der Waals surface area contributed by atoms with Crippen LogP contribution in [0.2, 0.25) is 0 Å². The second-order valence-electron chi connectivity index (χ2n) is 8.12. The predicted octanol–water partition coefficient (Wildman–Crippen LogP) is 5.09. The molecule has 3 aromatic carbocycles. The molecular formula is C27H26N2O5. The molecule has 0 saturated heterocycles. The second kappa shape index (κ2) is 10.2. The number of benzene rings is 3. The van der Waals surface area contributed by atoms with Crippen LogP contribution >= 0.6 is 0 Å². The summed E-state index contributed by atoms with van der Waals surface area (Å²) in [5, 5.41) is 15.4. The van der Waals surface area contributed by atoms with E-state index in [-0.39, 0.29) is 23.5 Å². The van der Waals surface area contributed by atoms with Gasteiger partial charge in [-0.15, -0.1) is 0 Å². The number of ether oxygens (including phenoxy) is 1. The van der Waals surface area contributed by atoms with Crippen LogP contribution in [0.1, 0.15) is 60.1 Å². The molecule has 0 atom stereocenters. The third-order valence-electron chi connectivity index (χ3n) is 5.78. The number of esters is 1. The number of phenolic OH excluding ortho intramolecular Hbond substituents is 1. The highest BCUT2D eigenvalue weighted by molar-refractivity contribution is 6.08. The monoisotopic (exact) mass is 458 g/mol. The highest BCUT2D eigenvalue weighted by Crippen LogP contribution is 2.43. The highest BCUT2D eigenvalue weighted by Gasteiger charge is 2.30. The fraction of sp³-hybridized carbons (Fsp3) is 0.222. The first-order valence-electron chi connectivity index (χ1n) is 11.3. The van der Waals surface area contributed by atoms with E-state index < -0.39 is 23.9 Å². The van der Waals surface area contributed by atoms with Crippen molar-refractivity contribution in [3.05, 3.63) is 83.4 Å². The lowest BCUT2D eigenvalue weighted by Gasteiger charge is -2.17. The number of imide groups is 1. The van der Waals surface area contributed by atoms with Crippen molar-refractivity contribution < 1.29 is 24.2 Å². The summed E-state index contributed by atoms with van der Waals surface area (Å²) in [7, 11) is 0. The van der Waals surface area contributed by atoms with E-state index in [0.29, 0.717) is 6.42 Å². The molecule has 0 bridgehead atoms. The Morgan fingerprint density at radius 2 is 1.53 bits per heavy atom. The summed E-state index contributed by atoms with van der Waals surface area (Å²) in [6.07, 6.45) is 2.71. The average Bonchev–Trinajstić information content (AvgIpc) is 3.13. The highest BCUT2D eigenvalue weighted by atomic mass is 16.5. The van der Waals surface area contributed by atoms with Crippen LogP contribution in [0.15, 0.2) is 66.7 Å². The second-order valence-corrected chi connectivity index (χ2v) is 8.12. The Labute approximate surface area is 197 Å². The minimum Gasteiger partial charge on any atom is -0.507 e. The minimum atomic E-state index is -0.869. The number of amides is 3. The Morgan fingerprint density at radius 1 is 0.882 bits per heavy atom. The molecule has 34 heavy (non-hydrogen) atoms. The van der Waals surface area contributed by atoms with E-state index in [4.69, 9.17) is 4.74 Å². The van der Waals surface area contributed by atoms with Gasteiger partial charge in [0.15, 0.2) is 0 Å². The molecule has 3 aromatic rings. The maximum atomic E-state index is 12.9. The van der Waals surface area contributed by atoms with Crippen molar-refractivity contribution in [1.82, 2.24) is 10.6 Å². The van der Waals surface area contributed by atoms with E-state index in [1.54, 1.807) is 0 Å². The summed E-state index contributed by atoms with van der Waals surface area (Å²) in [5.74, 6) is -1.85. The van der Waals surface area contributed by atoms with Crippen LogP contribution in [-0.2, 0) is 4.79 Å².